The van der Waals surface area contributed by atoms with Gasteiger partial charge in [0.25, 0.3) is 0 Å². The lowest BCUT2D eigenvalue weighted by Crippen LogP contribution is -2.35. The van der Waals surface area contributed by atoms with E-state index in [0.29, 0.717) is 17.0 Å². The summed E-state index contributed by atoms with van der Waals surface area (Å²) < 4.78 is 46.8. The molecular weight excluding hydrogens is 1060 g/mol. The van der Waals surface area contributed by atoms with Crippen LogP contribution in [0, 0.1) is 17.6 Å². The third-order valence-electron chi connectivity index (χ3n) is 13.8. The lowest BCUT2D eigenvalue weighted by molar-refractivity contribution is -0.141. The number of anilines is 1. The van der Waals surface area contributed by atoms with Crippen molar-refractivity contribution < 1.29 is 52.1 Å². The highest BCUT2D eigenvalue weighted by Gasteiger charge is 2.28. The molecule has 4 aliphatic carbocycles. The number of nitrogens with one attached hydrogen (secondary N) is 1. The maximum absolute atomic E-state index is 13.8. The van der Waals surface area contributed by atoms with Crippen molar-refractivity contribution in [3.8, 4) is 5.75 Å². The molecule has 4 heterocycles. The summed E-state index contributed by atoms with van der Waals surface area (Å²) in [6.45, 7) is 0.310. The maximum Gasteiger partial charge on any atom is 0.327 e. The van der Waals surface area contributed by atoms with Crippen LogP contribution < -0.4 is 9.64 Å². The molecule has 18 nitrogen and oxygen atoms in total. The van der Waals surface area contributed by atoms with E-state index in [0.717, 1.165) is 75.2 Å². The summed E-state index contributed by atoms with van der Waals surface area (Å²) in [6.07, 6.45) is 25.5. The fraction of sp³-hybridized carbons (Fsp3) is 0.482. The van der Waals surface area contributed by atoms with E-state index in [4.69, 9.17) is 9.84 Å². The van der Waals surface area contributed by atoms with Gasteiger partial charge in [-0.05, 0) is 173 Å². The van der Waals surface area contributed by atoms with Crippen LogP contribution in [0.25, 0.3) is 0 Å². The fourth-order valence-electron chi connectivity index (χ4n) is 9.81. The molecule has 21 heteroatoms. The molecule has 77 heavy (non-hydrogen) atoms. The normalized spacial score (nSPS) is 14.2. The van der Waals surface area contributed by atoms with Gasteiger partial charge in [-0.3, -0.25) is 43.1 Å². The number of esters is 2. The Labute approximate surface area is 456 Å². The number of hydrogen-bond acceptors (Lipinski definition) is 12. The molecule has 0 saturated heterocycles. The average molecular weight is 1130 g/mol. The number of carboxylic acids is 1. The Bertz CT molecular complexity index is 2850. The summed E-state index contributed by atoms with van der Waals surface area (Å²) in [7, 11) is 5.93. The van der Waals surface area contributed by atoms with Gasteiger partial charge in [0.05, 0.1) is 52.7 Å². The molecule has 0 aliphatic heterocycles. The van der Waals surface area contributed by atoms with E-state index < -0.39 is 23.5 Å². The van der Waals surface area contributed by atoms with Gasteiger partial charge in [-0.15, -0.1) is 0 Å². The van der Waals surface area contributed by atoms with E-state index >= 15 is 0 Å². The highest BCUT2D eigenvalue weighted by Crippen LogP contribution is 2.26. The number of alkyl halides is 1. The monoisotopic (exact) mass is 1130 g/mol. The summed E-state index contributed by atoms with van der Waals surface area (Å²) in [5.41, 5.74) is 10.8. The molecule has 414 valence electrons. The van der Waals surface area contributed by atoms with Crippen LogP contribution >= 0.6 is 15.9 Å². The zero-order valence-electron chi connectivity index (χ0n) is 44.4. The van der Waals surface area contributed by atoms with Crippen molar-refractivity contribution in [2.75, 3.05) is 38.6 Å². The number of methoxy groups -OCH3 is 3. The van der Waals surface area contributed by atoms with E-state index in [1.807, 2.05) is 18.6 Å². The average Bonchev–Trinajstić information content (AvgIpc) is 4.28. The van der Waals surface area contributed by atoms with Crippen LogP contribution in [0.4, 0.5) is 14.5 Å². The number of carboxylic acid groups (broad SMARTS) is 1. The van der Waals surface area contributed by atoms with Gasteiger partial charge >= 0.3 is 17.9 Å². The number of aryl methyl sites for hydroxylation is 5. The van der Waals surface area contributed by atoms with Crippen LogP contribution in [0.1, 0.15) is 108 Å². The number of fused-ring (bicyclic) bond motifs is 4. The largest absolute Gasteiger partial charge is 0.497 e. The molecule has 0 unspecified atom stereocenters. The van der Waals surface area contributed by atoms with Crippen molar-refractivity contribution in [2.45, 2.75) is 135 Å². The topological polar surface area (TPSA) is 219 Å². The molecule has 1 amide bonds. The molecule has 6 aromatic rings. The smallest absolute Gasteiger partial charge is 0.327 e. The number of carbonyl (C=O) groups is 5. The third kappa shape index (κ3) is 17.8. The summed E-state index contributed by atoms with van der Waals surface area (Å²) in [5.74, 6) is -3.34. The first-order valence-electron chi connectivity index (χ1n) is 26.1. The number of aromatic nitrogens is 8. The van der Waals surface area contributed by atoms with Crippen LogP contribution in [0.5, 0.6) is 5.75 Å². The van der Waals surface area contributed by atoms with Gasteiger partial charge in [0.1, 0.15) is 35.8 Å². The zero-order valence-corrected chi connectivity index (χ0v) is 46.0. The Balaban J connectivity index is 0.000000185. The second-order valence-corrected chi connectivity index (χ2v) is 19.8. The van der Waals surface area contributed by atoms with Crippen LogP contribution in [-0.4, -0.2) is 108 Å². The second-order valence-electron chi connectivity index (χ2n) is 19.2. The van der Waals surface area contributed by atoms with E-state index in [1.165, 1.54) is 110 Å². The molecule has 10 rings (SSSR count). The SMILES string of the molecule is COC(=O)CBr.COC(=O)Cn1ncc2c1CCCC2.COc1ccc(N(C)C(=O)[C@@H](CC(=O)Cn2ncc3c2CCCC3)Cc2cc(F)cc(F)c2)cc1.O=C(O)Cn1ncc2c1CCCC2.c1n[nH]c2c1CCCC2. The number of aliphatic carboxylic acids is 1. The van der Waals surface area contributed by atoms with Crippen molar-refractivity contribution in [1.29, 1.82) is 0 Å². The van der Waals surface area contributed by atoms with Gasteiger partial charge < -0.3 is 24.2 Å². The van der Waals surface area contributed by atoms with Crippen LogP contribution in [-0.2, 0) is 111 Å². The number of hydrogen-bond donors (Lipinski definition) is 2. The van der Waals surface area contributed by atoms with Crippen molar-refractivity contribution in [3.05, 3.63) is 129 Å². The number of ether oxygens (including phenoxy) is 3. The van der Waals surface area contributed by atoms with E-state index in [-0.39, 0.29) is 61.4 Å². The highest BCUT2D eigenvalue weighted by molar-refractivity contribution is 9.09. The Morgan fingerprint density at radius 2 is 1.13 bits per heavy atom. The molecule has 4 aliphatic rings. The number of carbonyl (C=O) groups excluding carboxylic acids is 4. The summed E-state index contributed by atoms with van der Waals surface area (Å²) in [6, 6.07) is 10.1. The molecular formula is C56H70BrF2N9O9. The zero-order chi connectivity index (χ0) is 55.3. The number of aromatic amines is 1. The number of benzene rings is 2. The van der Waals surface area contributed by atoms with Gasteiger partial charge in [0.2, 0.25) is 5.91 Å². The lowest BCUT2D eigenvalue weighted by Gasteiger charge is -2.24. The predicted octanol–water partition coefficient (Wildman–Crippen LogP) is 8.15. The van der Waals surface area contributed by atoms with E-state index in [1.54, 1.807) is 58.7 Å². The summed E-state index contributed by atoms with van der Waals surface area (Å²) in [4.78, 5) is 59.5. The van der Waals surface area contributed by atoms with Crippen LogP contribution in [0.2, 0.25) is 0 Å². The highest BCUT2D eigenvalue weighted by atomic mass is 79.9. The number of H-pyrrole nitrogens is 1. The number of ketones is 1. The number of nitrogens with zero attached hydrogens (tertiary/aromatic N) is 8. The molecule has 1 atom stereocenters. The van der Waals surface area contributed by atoms with E-state index in [2.05, 4.69) is 50.9 Å². The Kier molecular flexibility index (Phi) is 23.1. The summed E-state index contributed by atoms with van der Waals surface area (Å²) in [5, 5.41) is 28.6. The number of amides is 1. The molecule has 2 aromatic carbocycles. The molecule has 0 spiro atoms. The van der Waals surface area contributed by atoms with Gasteiger partial charge in [-0.1, -0.05) is 15.9 Å². The number of rotatable bonds is 14. The molecule has 0 fully saturated rings. The van der Waals surface area contributed by atoms with Gasteiger partial charge in [-0.25, -0.2) is 8.78 Å². The molecule has 0 radical (unpaired) electrons. The first-order valence-corrected chi connectivity index (χ1v) is 27.2. The number of Topliss-reactive ketones (excluding diaryl/α,β-unsaturated/α-hetero) is 1. The molecule has 4 aromatic heterocycles. The Morgan fingerprint density at radius 1 is 0.649 bits per heavy atom. The first kappa shape index (κ1) is 59.2. The van der Waals surface area contributed by atoms with Crippen molar-refractivity contribution >= 4 is 51.2 Å². The summed E-state index contributed by atoms with van der Waals surface area (Å²) >= 11 is 2.90. The minimum Gasteiger partial charge on any atom is -0.497 e. The van der Waals surface area contributed by atoms with Crippen molar-refractivity contribution in [3.63, 3.8) is 0 Å². The standard InChI is InChI=1S/C27H29F2N3O3.C10H14N2O2.C9H12N2O2.C7H10N2.C3H5BrO2/c1-31(23-7-9-25(35-2)10-8-23)27(34)20(11-18-12-21(28)15-22(29)13-18)14-24(33)17-32-26-6-4-3-5-19(26)16-30-32;1-14-10(13)7-12-9-5-3-2-4-8(9)6-11-12;12-9(13)6-11-8-4-2-1-3-7(8)5-10-11;1-2-4-7-6(3-1)5-8-9-7;1-6-3(5)2-4/h7-10,12-13,15-16,20H,3-6,11,14,17H2,1-2H3;6H,2-5,7H2,1H3;5H,1-4,6H2,(H,12,13);5H,1-4H2,(H,8,9);2H2,1H3/t20-;;;;/m1..../s1. The minimum absolute atomic E-state index is 0.00463. The lowest BCUT2D eigenvalue weighted by atomic mass is 9.92. The molecule has 0 saturated carbocycles. The van der Waals surface area contributed by atoms with Gasteiger partial charge in [0, 0.05) is 53.9 Å². The van der Waals surface area contributed by atoms with Crippen molar-refractivity contribution in [1.82, 2.24) is 39.5 Å². The van der Waals surface area contributed by atoms with Gasteiger partial charge in [-0.2, -0.15) is 20.4 Å². The predicted molar refractivity (Wildman–Crippen MR) is 287 cm³/mol. The van der Waals surface area contributed by atoms with Crippen LogP contribution in [0.15, 0.2) is 67.3 Å². The Hall–Kier alpha value is -7.03. The van der Waals surface area contributed by atoms with E-state index in [9.17, 15) is 32.8 Å². The van der Waals surface area contributed by atoms with Crippen LogP contribution in [0.3, 0.4) is 0 Å². The third-order valence-corrected chi connectivity index (χ3v) is 14.3. The minimum atomic E-state index is -0.823. The second kappa shape index (κ2) is 30.1. The van der Waals surface area contributed by atoms with Crippen molar-refractivity contribution in [2.24, 2.45) is 5.92 Å². The first-order chi connectivity index (χ1) is 37.2. The number of halogens is 3. The fourth-order valence-corrected chi connectivity index (χ4v) is 10.0. The maximum atomic E-state index is 13.8. The Morgan fingerprint density at radius 3 is 1.60 bits per heavy atom. The molecule has 2 N–H and O–H groups in total. The molecule has 0 bridgehead atoms. The quantitative estimate of drug-likeness (QED) is 0.0778. The van der Waals surface area contributed by atoms with Gasteiger partial charge in [0.15, 0.2) is 5.78 Å².